The number of carbonyl (C=O) groups is 1. The van der Waals surface area contributed by atoms with Crippen LogP contribution in [0.4, 0.5) is 17.6 Å². The number of hydrogen-bond acceptors (Lipinski definition) is 7. The molecule has 7 nitrogen and oxygen atoms in total. The molecule has 3 heterocycles. The number of fused-ring (bicyclic) bond motifs is 1. The van der Waals surface area contributed by atoms with Crippen molar-refractivity contribution in [2.75, 3.05) is 29.0 Å². The fourth-order valence-corrected chi connectivity index (χ4v) is 5.99. The molecule has 1 saturated heterocycles. The first kappa shape index (κ1) is 24.5. The Kier molecular flexibility index (Phi) is 6.30. The van der Waals surface area contributed by atoms with Crippen molar-refractivity contribution in [3.05, 3.63) is 82.6 Å². The van der Waals surface area contributed by atoms with Gasteiger partial charge in [0.25, 0.3) is 0 Å². The van der Waals surface area contributed by atoms with E-state index in [0.717, 1.165) is 71.9 Å². The van der Waals surface area contributed by atoms with Gasteiger partial charge in [-0.15, -0.1) is 0 Å². The highest BCUT2D eigenvalue weighted by Crippen LogP contribution is 2.50. The third kappa shape index (κ3) is 4.73. The molecule has 38 heavy (non-hydrogen) atoms. The van der Waals surface area contributed by atoms with Gasteiger partial charge in [-0.2, -0.15) is 9.97 Å². The van der Waals surface area contributed by atoms with E-state index in [0.29, 0.717) is 24.8 Å². The first-order valence-corrected chi connectivity index (χ1v) is 13.6. The molecule has 7 heteroatoms. The molecule has 1 aromatic heterocycles. The Bertz CT molecular complexity index is 1380. The van der Waals surface area contributed by atoms with Crippen molar-refractivity contribution in [2.45, 2.75) is 58.5 Å². The molecule has 196 valence electrons. The minimum Gasteiger partial charge on any atom is -0.489 e. The molecule has 0 bridgehead atoms. The number of nitrogens with one attached hydrogen (secondary N) is 1. The second-order valence-electron chi connectivity index (χ2n) is 11.5. The minimum atomic E-state index is -0.316. The number of piperidine rings is 1. The molecule has 0 amide bonds. The molecule has 1 fully saturated rings. The van der Waals surface area contributed by atoms with E-state index in [1.165, 1.54) is 6.42 Å². The summed E-state index contributed by atoms with van der Waals surface area (Å²) in [5, 5.41) is 3.53. The molecule has 3 aliphatic rings. The summed E-state index contributed by atoms with van der Waals surface area (Å²) in [7, 11) is 0. The number of nitrogens with zero attached hydrogens (tertiary/aromatic N) is 3. The molecule has 6 rings (SSSR count). The van der Waals surface area contributed by atoms with E-state index in [9.17, 15) is 4.79 Å². The lowest BCUT2D eigenvalue weighted by molar-refractivity contribution is -0.118. The summed E-state index contributed by atoms with van der Waals surface area (Å²) in [4.78, 5) is 25.5. The first-order chi connectivity index (χ1) is 18.4. The van der Waals surface area contributed by atoms with Crippen molar-refractivity contribution in [2.24, 2.45) is 5.41 Å². The van der Waals surface area contributed by atoms with Crippen LogP contribution in [0.2, 0.25) is 0 Å². The zero-order valence-corrected chi connectivity index (χ0v) is 22.2. The van der Waals surface area contributed by atoms with E-state index in [1.807, 2.05) is 54.6 Å². The summed E-state index contributed by atoms with van der Waals surface area (Å²) in [6, 6.07) is 18.1. The normalized spacial score (nSPS) is 20.4. The number of rotatable bonds is 5. The zero-order valence-electron chi connectivity index (χ0n) is 22.2. The number of nitrogens with two attached hydrogens (primary N) is 1. The number of hydrogen-bond donors (Lipinski definition) is 2. The first-order valence-electron chi connectivity index (χ1n) is 13.6. The average Bonchev–Trinajstić information content (AvgIpc) is 2.91. The number of ketones is 1. The third-order valence-electron chi connectivity index (χ3n) is 7.83. The summed E-state index contributed by atoms with van der Waals surface area (Å²) in [6.07, 6.45) is 4.78. The SMILES string of the molecule is CC1(C)CC(=O)C2=C(C1)Nc1nc(N3CCCCC3)nc(N)c1[C@@H]2c1ccc(OCc2ccccc2)cc1. The monoisotopic (exact) mass is 509 g/mol. The molecular weight excluding hydrogens is 474 g/mol. The van der Waals surface area contributed by atoms with Crippen LogP contribution in [0.15, 0.2) is 65.9 Å². The van der Waals surface area contributed by atoms with Crippen molar-refractivity contribution in [1.29, 1.82) is 0 Å². The van der Waals surface area contributed by atoms with Crippen LogP contribution in [0.1, 0.15) is 68.6 Å². The van der Waals surface area contributed by atoms with Crippen molar-refractivity contribution >= 4 is 23.4 Å². The minimum absolute atomic E-state index is 0.117. The molecule has 1 aliphatic carbocycles. The van der Waals surface area contributed by atoms with Gasteiger partial charge in [-0.05, 0) is 54.4 Å². The van der Waals surface area contributed by atoms with E-state index < -0.39 is 0 Å². The Morgan fingerprint density at radius 1 is 1.00 bits per heavy atom. The van der Waals surface area contributed by atoms with Gasteiger partial charge in [-0.1, -0.05) is 56.3 Å². The van der Waals surface area contributed by atoms with Crippen molar-refractivity contribution in [3.8, 4) is 5.75 Å². The molecule has 0 radical (unpaired) electrons. The summed E-state index contributed by atoms with van der Waals surface area (Å²) < 4.78 is 6.02. The van der Waals surface area contributed by atoms with Crippen LogP contribution < -0.4 is 20.7 Å². The standard InChI is InChI=1S/C31H35N5O2/c1-31(2)17-23-26(24(37)18-31)25(21-11-13-22(14-12-21)38-19-20-9-5-3-6-10-20)27-28(32)34-30(35-29(27)33-23)36-15-7-4-8-16-36/h3,5-6,9-14,25H,4,7-8,15-19H2,1-2H3,(H3,32,33,34,35)/t25-/m1/s1. The predicted molar refractivity (Wildman–Crippen MR) is 150 cm³/mol. The maximum atomic E-state index is 13.6. The number of nitrogen functional groups attached to an aromatic ring is 1. The van der Waals surface area contributed by atoms with Gasteiger partial charge in [0.15, 0.2) is 5.78 Å². The molecule has 0 unspecified atom stereocenters. The van der Waals surface area contributed by atoms with Gasteiger partial charge in [0, 0.05) is 42.3 Å². The van der Waals surface area contributed by atoms with Crippen LogP contribution in [0, 0.1) is 5.41 Å². The number of carbonyl (C=O) groups excluding carboxylic acids is 1. The number of allylic oxidation sites excluding steroid dienone is 2. The van der Waals surface area contributed by atoms with Gasteiger partial charge in [-0.3, -0.25) is 4.79 Å². The maximum absolute atomic E-state index is 13.6. The van der Waals surface area contributed by atoms with E-state index in [1.54, 1.807) is 0 Å². The van der Waals surface area contributed by atoms with Crippen LogP contribution in [0.5, 0.6) is 5.75 Å². The lowest BCUT2D eigenvalue weighted by atomic mass is 9.69. The van der Waals surface area contributed by atoms with Gasteiger partial charge in [0.05, 0.1) is 0 Å². The Hall–Kier alpha value is -3.87. The number of Topliss-reactive ketones (excluding diaryl/α,β-unsaturated/α-hetero) is 1. The van der Waals surface area contributed by atoms with Gasteiger partial charge in [-0.25, -0.2) is 0 Å². The molecule has 3 aromatic rings. The third-order valence-corrected chi connectivity index (χ3v) is 7.83. The summed E-state index contributed by atoms with van der Waals surface area (Å²) in [6.45, 7) is 6.66. The van der Waals surface area contributed by atoms with E-state index in [4.69, 9.17) is 20.4 Å². The quantitative estimate of drug-likeness (QED) is 0.447. The zero-order chi connectivity index (χ0) is 26.3. The van der Waals surface area contributed by atoms with Gasteiger partial charge < -0.3 is 20.7 Å². The summed E-state index contributed by atoms with van der Waals surface area (Å²) in [5.74, 6) is 2.44. The van der Waals surface area contributed by atoms with Crippen molar-refractivity contribution < 1.29 is 9.53 Å². The maximum Gasteiger partial charge on any atom is 0.229 e. The number of ether oxygens (including phenoxy) is 1. The molecule has 3 N–H and O–H groups in total. The Morgan fingerprint density at radius 3 is 2.47 bits per heavy atom. The van der Waals surface area contributed by atoms with Crippen LogP contribution >= 0.6 is 0 Å². The predicted octanol–water partition coefficient (Wildman–Crippen LogP) is 5.83. The fraction of sp³-hybridized carbons (Fsp3) is 0.387. The fourth-order valence-electron chi connectivity index (χ4n) is 5.99. The van der Waals surface area contributed by atoms with E-state index >= 15 is 0 Å². The lowest BCUT2D eigenvalue weighted by Crippen LogP contribution is -2.36. The van der Waals surface area contributed by atoms with Gasteiger partial charge in [0.2, 0.25) is 5.95 Å². The number of aromatic nitrogens is 2. The van der Waals surface area contributed by atoms with Crippen molar-refractivity contribution in [3.63, 3.8) is 0 Å². The van der Waals surface area contributed by atoms with Gasteiger partial charge >= 0.3 is 0 Å². The molecule has 0 spiro atoms. The van der Waals surface area contributed by atoms with Crippen LogP contribution in [0.3, 0.4) is 0 Å². The second kappa shape index (κ2) is 9.78. The summed E-state index contributed by atoms with van der Waals surface area (Å²) in [5.41, 5.74) is 11.2. The molecular formula is C31H35N5O2. The smallest absolute Gasteiger partial charge is 0.229 e. The second-order valence-corrected chi connectivity index (χ2v) is 11.5. The molecule has 2 aliphatic heterocycles. The molecule has 0 saturated carbocycles. The number of anilines is 3. The highest BCUT2D eigenvalue weighted by Gasteiger charge is 2.42. The van der Waals surface area contributed by atoms with Crippen LogP contribution in [-0.2, 0) is 11.4 Å². The largest absolute Gasteiger partial charge is 0.489 e. The summed E-state index contributed by atoms with van der Waals surface area (Å²) >= 11 is 0. The lowest BCUT2D eigenvalue weighted by Gasteiger charge is -2.39. The van der Waals surface area contributed by atoms with Crippen molar-refractivity contribution in [1.82, 2.24) is 9.97 Å². The Labute approximate surface area is 224 Å². The van der Waals surface area contributed by atoms with E-state index in [2.05, 4.69) is 24.1 Å². The van der Waals surface area contributed by atoms with Gasteiger partial charge in [0.1, 0.15) is 24.0 Å². The topological polar surface area (TPSA) is 93.4 Å². The number of benzene rings is 2. The average molecular weight is 510 g/mol. The van der Waals surface area contributed by atoms with Crippen LogP contribution in [0.25, 0.3) is 0 Å². The molecule has 2 aromatic carbocycles. The highest BCUT2D eigenvalue weighted by molar-refractivity contribution is 6.02. The van der Waals surface area contributed by atoms with Crippen LogP contribution in [-0.4, -0.2) is 28.8 Å². The Balaban J connectivity index is 1.37. The molecule has 1 atom stereocenters. The highest BCUT2D eigenvalue weighted by atomic mass is 16.5. The Morgan fingerprint density at radius 2 is 1.74 bits per heavy atom. The van der Waals surface area contributed by atoms with E-state index in [-0.39, 0.29) is 17.1 Å².